The summed E-state index contributed by atoms with van der Waals surface area (Å²) in [4.78, 5) is 18.4. The first kappa shape index (κ1) is 13.6. The summed E-state index contributed by atoms with van der Waals surface area (Å²) < 4.78 is 0. The van der Waals surface area contributed by atoms with Crippen molar-refractivity contribution in [2.75, 3.05) is 0 Å². The van der Waals surface area contributed by atoms with Crippen LogP contribution in [0.1, 0.15) is 27.3 Å². The van der Waals surface area contributed by atoms with E-state index >= 15 is 0 Å². The average Bonchev–Trinajstić information content (AvgIpc) is 2.96. The van der Waals surface area contributed by atoms with Crippen molar-refractivity contribution in [3.05, 3.63) is 65.0 Å². The van der Waals surface area contributed by atoms with Gasteiger partial charge in [0, 0.05) is 5.56 Å². The van der Waals surface area contributed by atoms with Crippen molar-refractivity contribution in [3.63, 3.8) is 0 Å². The Morgan fingerprint density at radius 3 is 2.64 bits per heavy atom. The number of hydrogen-bond acceptors (Lipinski definition) is 4. The number of nitriles is 1. The standard InChI is InChI=1S/C17H11N3O2/c18-10-12-6-4-11(5-7-12)8-9-15-19-14-3-1-2-13(17(21)22)16(14)20-15/h1-9H,(H,19,20)(H,21,22)/p-1/b9-8+. The molecule has 0 unspecified atom stereocenters. The Morgan fingerprint density at radius 2 is 1.95 bits per heavy atom. The lowest BCUT2D eigenvalue weighted by molar-refractivity contribution is -0.254. The van der Waals surface area contributed by atoms with Crippen LogP contribution in [0.2, 0.25) is 0 Å². The van der Waals surface area contributed by atoms with Crippen LogP contribution in [0.4, 0.5) is 0 Å². The Morgan fingerprint density at radius 1 is 1.18 bits per heavy atom. The first-order valence-electron chi connectivity index (χ1n) is 6.56. The number of H-pyrrole nitrogens is 1. The van der Waals surface area contributed by atoms with Crippen LogP contribution in [0.25, 0.3) is 23.2 Å². The van der Waals surface area contributed by atoms with E-state index in [1.807, 2.05) is 18.2 Å². The highest BCUT2D eigenvalue weighted by molar-refractivity contribution is 6.00. The van der Waals surface area contributed by atoms with Crippen molar-refractivity contribution >= 4 is 29.2 Å². The number of aromatic carboxylic acids is 1. The number of imidazole rings is 1. The first-order valence-corrected chi connectivity index (χ1v) is 6.56. The molecule has 2 aromatic carbocycles. The summed E-state index contributed by atoms with van der Waals surface area (Å²) in [7, 11) is 0. The van der Waals surface area contributed by atoms with Gasteiger partial charge in [-0.05, 0) is 29.8 Å². The maximum absolute atomic E-state index is 11.1. The molecule has 5 nitrogen and oxygen atoms in total. The van der Waals surface area contributed by atoms with Crippen molar-refractivity contribution in [1.82, 2.24) is 9.97 Å². The van der Waals surface area contributed by atoms with E-state index < -0.39 is 5.97 Å². The van der Waals surface area contributed by atoms with Gasteiger partial charge in [0.1, 0.15) is 5.82 Å². The number of carboxylic acid groups (broad SMARTS) is 1. The van der Waals surface area contributed by atoms with E-state index in [2.05, 4.69) is 16.0 Å². The molecule has 0 amide bonds. The summed E-state index contributed by atoms with van der Waals surface area (Å²) in [6.45, 7) is 0. The van der Waals surface area contributed by atoms with Crippen LogP contribution in [0.5, 0.6) is 0 Å². The van der Waals surface area contributed by atoms with E-state index in [9.17, 15) is 9.90 Å². The van der Waals surface area contributed by atoms with Crippen molar-refractivity contribution in [2.45, 2.75) is 0 Å². The molecule has 1 heterocycles. The molecular formula is C17H10N3O2-. The van der Waals surface area contributed by atoms with Crippen molar-refractivity contribution in [2.24, 2.45) is 0 Å². The highest BCUT2D eigenvalue weighted by atomic mass is 16.4. The molecule has 0 radical (unpaired) electrons. The molecule has 0 aliphatic carbocycles. The quantitative estimate of drug-likeness (QED) is 0.797. The number of aromatic amines is 1. The molecule has 22 heavy (non-hydrogen) atoms. The molecule has 0 saturated heterocycles. The minimum Gasteiger partial charge on any atom is -0.545 e. The van der Waals surface area contributed by atoms with Gasteiger partial charge >= 0.3 is 0 Å². The Bertz CT molecular complexity index is 915. The summed E-state index contributed by atoms with van der Waals surface area (Å²) in [5, 5.41) is 19.8. The second-order valence-corrected chi connectivity index (χ2v) is 4.68. The van der Waals surface area contributed by atoms with Crippen LogP contribution in [0.15, 0.2) is 42.5 Å². The predicted molar refractivity (Wildman–Crippen MR) is 80.5 cm³/mol. The van der Waals surface area contributed by atoms with Crippen molar-refractivity contribution in [1.29, 1.82) is 5.26 Å². The van der Waals surface area contributed by atoms with Gasteiger partial charge in [0.05, 0.1) is 28.6 Å². The molecule has 0 spiro atoms. The molecule has 3 aromatic rings. The lowest BCUT2D eigenvalue weighted by Gasteiger charge is -2.01. The molecule has 1 aromatic heterocycles. The number of rotatable bonds is 3. The second kappa shape index (κ2) is 5.54. The van der Waals surface area contributed by atoms with Gasteiger partial charge < -0.3 is 14.9 Å². The van der Waals surface area contributed by atoms with Crippen LogP contribution in [-0.4, -0.2) is 15.9 Å². The molecule has 5 heteroatoms. The molecule has 3 rings (SSSR count). The molecule has 106 valence electrons. The van der Waals surface area contributed by atoms with Gasteiger partial charge in [0.2, 0.25) is 0 Å². The SMILES string of the molecule is N#Cc1ccc(/C=C/c2nc3c(C(=O)[O-])cccc3[nH]2)cc1. The number of carbonyl (C=O) groups excluding carboxylic acids is 1. The van der Waals surface area contributed by atoms with Gasteiger partial charge in [-0.15, -0.1) is 0 Å². The van der Waals surface area contributed by atoms with Gasteiger partial charge in [-0.2, -0.15) is 5.26 Å². The van der Waals surface area contributed by atoms with E-state index in [4.69, 9.17) is 5.26 Å². The third-order valence-corrected chi connectivity index (χ3v) is 3.22. The largest absolute Gasteiger partial charge is 0.545 e. The second-order valence-electron chi connectivity index (χ2n) is 4.68. The third kappa shape index (κ3) is 2.58. The molecule has 1 N–H and O–H groups in total. The van der Waals surface area contributed by atoms with Gasteiger partial charge in [-0.3, -0.25) is 0 Å². The monoisotopic (exact) mass is 288 g/mol. The molecule has 0 saturated carbocycles. The number of benzene rings is 2. The number of fused-ring (bicyclic) bond motifs is 1. The number of para-hydroxylation sites is 1. The molecule has 0 bridgehead atoms. The average molecular weight is 288 g/mol. The highest BCUT2D eigenvalue weighted by Crippen LogP contribution is 2.17. The maximum Gasteiger partial charge on any atom is 0.131 e. The minimum atomic E-state index is -1.25. The lowest BCUT2D eigenvalue weighted by Crippen LogP contribution is -2.22. The zero-order valence-corrected chi connectivity index (χ0v) is 11.4. The zero-order chi connectivity index (χ0) is 15.5. The molecule has 0 fully saturated rings. The fourth-order valence-electron chi connectivity index (χ4n) is 2.14. The summed E-state index contributed by atoms with van der Waals surface area (Å²) >= 11 is 0. The van der Waals surface area contributed by atoms with Crippen LogP contribution in [0.3, 0.4) is 0 Å². The Balaban J connectivity index is 1.93. The number of aromatic nitrogens is 2. The lowest BCUT2D eigenvalue weighted by atomic mass is 10.1. The van der Waals surface area contributed by atoms with Crippen LogP contribution >= 0.6 is 0 Å². The van der Waals surface area contributed by atoms with Gasteiger partial charge in [-0.1, -0.05) is 30.3 Å². The normalized spacial score (nSPS) is 10.9. The van der Waals surface area contributed by atoms with Gasteiger partial charge in [0.25, 0.3) is 0 Å². The molecule has 0 aliphatic heterocycles. The van der Waals surface area contributed by atoms with Gasteiger partial charge in [0.15, 0.2) is 0 Å². The van der Waals surface area contributed by atoms with E-state index in [0.717, 1.165) is 5.56 Å². The Labute approximate surface area is 126 Å². The van der Waals surface area contributed by atoms with E-state index in [0.29, 0.717) is 22.4 Å². The Hall–Kier alpha value is -3.39. The van der Waals surface area contributed by atoms with Crippen molar-refractivity contribution in [3.8, 4) is 6.07 Å². The summed E-state index contributed by atoms with van der Waals surface area (Å²) in [6.07, 6.45) is 3.58. The Kier molecular flexibility index (Phi) is 3.42. The fraction of sp³-hybridized carbons (Fsp3) is 0. The summed E-state index contributed by atoms with van der Waals surface area (Å²) in [5.41, 5.74) is 2.59. The predicted octanol–water partition coefficient (Wildman–Crippen LogP) is 1.97. The molecular weight excluding hydrogens is 278 g/mol. The van der Waals surface area contributed by atoms with E-state index in [-0.39, 0.29) is 5.56 Å². The minimum absolute atomic E-state index is 0.0618. The number of nitrogens with one attached hydrogen (secondary N) is 1. The van der Waals surface area contributed by atoms with E-state index in [1.54, 1.807) is 30.3 Å². The molecule has 0 aliphatic rings. The van der Waals surface area contributed by atoms with Crippen LogP contribution < -0.4 is 5.11 Å². The summed E-state index contributed by atoms with van der Waals surface area (Å²) in [5.74, 6) is -0.701. The highest BCUT2D eigenvalue weighted by Gasteiger charge is 2.06. The van der Waals surface area contributed by atoms with E-state index in [1.165, 1.54) is 6.07 Å². The van der Waals surface area contributed by atoms with Crippen LogP contribution in [0, 0.1) is 11.3 Å². The topological polar surface area (TPSA) is 92.6 Å². The number of carbonyl (C=O) groups is 1. The van der Waals surface area contributed by atoms with Gasteiger partial charge in [-0.25, -0.2) is 4.98 Å². The summed E-state index contributed by atoms with van der Waals surface area (Å²) in [6, 6.07) is 14.0. The third-order valence-electron chi connectivity index (χ3n) is 3.22. The van der Waals surface area contributed by atoms with Crippen LogP contribution in [-0.2, 0) is 0 Å². The van der Waals surface area contributed by atoms with Crippen molar-refractivity contribution < 1.29 is 9.90 Å². The number of nitrogens with zero attached hydrogens (tertiary/aromatic N) is 2. The number of carboxylic acids is 1. The fourth-order valence-corrected chi connectivity index (χ4v) is 2.14. The molecule has 0 atom stereocenters. The zero-order valence-electron chi connectivity index (χ0n) is 11.4. The smallest absolute Gasteiger partial charge is 0.131 e. The maximum atomic E-state index is 11.1. The first-order chi connectivity index (χ1) is 10.7. The number of hydrogen-bond donors (Lipinski definition) is 1.